The molecule has 0 aliphatic carbocycles. The van der Waals surface area contributed by atoms with Crippen LogP contribution in [-0.2, 0) is 0 Å². The summed E-state index contributed by atoms with van der Waals surface area (Å²) < 4.78 is 0. The summed E-state index contributed by atoms with van der Waals surface area (Å²) in [5, 5.41) is 6.03. The molecule has 0 unspecified atom stereocenters. The number of pyridine rings is 1. The first-order chi connectivity index (χ1) is 13.0. The summed E-state index contributed by atoms with van der Waals surface area (Å²) in [5.74, 6) is 0.0651. The number of nitrogens with one attached hydrogen (secondary N) is 2. The van der Waals surface area contributed by atoms with Gasteiger partial charge >= 0.3 is 0 Å². The molecule has 0 aliphatic rings. The summed E-state index contributed by atoms with van der Waals surface area (Å²) in [6.07, 6.45) is 0. The highest BCUT2D eigenvalue weighted by Gasteiger charge is 2.10. The maximum absolute atomic E-state index is 12.7. The second kappa shape index (κ2) is 6.72. The number of H-pyrrole nitrogens is 1. The fourth-order valence-corrected chi connectivity index (χ4v) is 3.38. The van der Waals surface area contributed by atoms with E-state index in [0.717, 1.165) is 27.2 Å². The Hall–Kier alpha value is -3.40. The molecule has 0 fully saturated rings. The molecule has 0 bridgehead atoms. The van der Waals surface area contributed by atoms with Gasteiger partial charge in [-0.25, -0.2) is 0 Å². The third-order valence-corrected chi connectivity index (χ3v) is 4.77. The zero-order valence-corrected chi connectivity index (χ0v) is 15.2. The number of carbonyl (C=O) groups is 1. The van der Waals surface area contributed by atoms with Crippen LogP contribution in [0.4, 0.5) is 5.69 Å². The summed E-state index contributed by atoms with van der Waals surface area (Å²) in [4.78, 5) is 27.5. The van der Waals surface area contributed by atoms with E-state index in [4.69, 9.17) is 0 Å². The average Bonchev–Trinajstić information content (AvgIpc) is 2.66. The van der Waals surface area contributed by atoms with E-state index < -0.39 is 0 Å². The highest BCUT2D eigenvalue weighted by Crippen LogP contribution is 2.25. The fraction of sp³-hybridized carbons (Fsp3) is 0.130. The molecule has 0 spiro atoms. The number of hydrogen-bond donors (Lipinski definition) is 2. The lowest BCUT2D eigenvalue weighted by Crippen LogP contribution is -2.12. The molecule has 0 aliphatic heterocycles. The quantitative estimate of drug-likeness (QED) is 0.539. The molecule has 0 saturated carbocycles. The van der Waals surface area contributed by atoms with Crippen LogP contribution >= 0.6 is 0 Å². The summed E-state index contributed by atoms with van der Waals surface area (Å²) in [6, 6.07) is 20.8. The molecule has 1 aromatic heterocycles. The van der Waals surface area contributed by atoms with E-state index in [1.165, 1.54) is 0 Å². The lowest BCUT2D eigenvalue weighted by molar-refractivity contribution is 0.102. The molecule has 4 rings (SSSR count). The van der Waals surface area contributed by atoms with Gasteiger partial charge in [0.2, 0.25) is 5.56 Å². The summed E-state index contributed by atoms with van der Waals surface area (Å²) in [7, 11) is 0. The maximum atomic E-state index is 12.7. The van der Waals surface area contributed by atoms with Crippen LogP contribution in [0.1, 0.15) is 35.7 Å². The first kappa shape index (κ1) is 17.0. The summed E-state index contributed by atoms with van der Waals surface area (Å²) >= 11 is 0. The average molecular weight is 356 g/mol. The van der Waals surface area contributed by atoms with Crippen LogP contribution in [0.5, 0.6) is 0 Å². The van der Waals surface area contributed by atoms with Gasteiger partial charge < -0.3 is 10.3 Å². The summed E-state index contributed by atoms with van der Waals surface area (Å²) in [5.41, 5.74) is 2.84. The molecule has 4 heteroatoms. The molecule has 4 aromatic rings. The van der Waals surface area contributed by atoms with Crippen molar-refractivity contribution in [1.29, 1.82) is 0 Å². The number of fused-ring (bicyclic) bond motifs is 2. The molecule has 1 heterocycles. The van der Waals surface area contributed by atoms with Crippen LogP contribution < -0.4 is 10.9 Å². The molecular formula is C23H20N2O2. The molecule has 3 aromatic carbocycles. The lowest BCUT2D eigenvalue weighted by atomic mass is 9.99. The normalized spacial score (nSPS) is 11.2. The molecule has 2 N–H and O–H groups in total. The van der Waals surface area contributed by atoms with Crippen LogP contribution in [0.2, 0.25) is 0 Å². The lowest BCUT2D eigenvalue weighted by Gasteiger charge is -2.11. The minimum absolute atomic E-state index is 0.135. The Morgan fingerprint density at radius 2 is 1.70 bits per heavy atom. The van der Waals surface area contributed by atoms with Crippen molar-refractivity contribution >= 4 is 33.3 Å². The Morgan fingerprint density at radius 3 is 2.48 bits per heavy atom. The number of hydrogen-bond acceptors (Lipinski definition) is 2. The number of aromatic amines is 1. The zero-order chi connectivity index (χ0) is 19.0. The fourth-order valence-electron chi connectivity index (χ4n) is 3.38. The number of carbonyl (C=O) groups excluding carboxylic acids is 1. The van der Waals surface area contributed by atoms with Crippen LogP contribution in [0.15, 0.2) is 71.5 Å². The van der Waals surface area contributed by atoms with E-state index in [1.807, 2.05) is 60.7 Å². The van der Waals surface area contributed by atoms with E-state index >= 15 is 0 Å². The minimum atomic E-state index is -0.178. The molecule has 4 nitrogen and oxygen atoms in total. The predicted molar refractivity (Wildman–Crippen MR) is 111 cm³/mol. The van der Waals surface area contributed by atoms with Gasteiger partial charge in [0.05, 0.1) is 5.52 Å². The number of amides is 1. The van der Waals surface area contributed by atoms with Crippen LogP contribution in [-0.4, -0.2) is 10.9 Å². The monoisotopic (exact) mass is 356 g/mol. The second-order valence-corrected chi connectivity index (χ2v) is 7.02. The molecule has 0 radical (unpaired) electrons. The third-order valence-electron chi connectivity index (χ3n) is 4.77. The van der Waals surface area contributed by atoms with Crippen molar-refractivity contribution < 1.29 is 4.79 Å². The van der Waals surface area contributed by atoms with Crippen molar-refractivity contribution in [3.8, 4) is 0 Å². The Morgan fingerprint density at radius 1 is 0.926 bits per heavy atom. The Balaban J connectivity index is 1.68. The Bertz CT molecular complexity index is 1220. The van der Waals surface area contributed by atoms with E-state index in [9.17, 15) is 9.59 Å². The second-order valence-electron chi connectivity index (χ2n) is 7.02. The van der Waals surface area contributed by atoms with Crippen molar-refractivity contribution in [3.05, 3.63) is 88.2 Å². The van der Waals surface area contributed by atoms with Crippen LogP contribution in [0.3, 0.4) is 0 Å². The van der Waals surface area contributed by atoms with Crippen molar-refractivity contribution in [3.63, 3.8) is 0 Å². The van der Waals surface area contributed by atoms with Gasteiger partial charge in [-0.1, -0.05) is 50.2 Å². The largest absolute Gasteiger partial charge is 0.322 e. The minimum Gasteiger partial charge on any atom is -0.322 e. The molecule has 0 atom stereocenters. The molecule has 0 saturated heterocycles. The van der Waals surface area contributed by atoms with Gasteiger partial charge in [0.15, 0.2) is 0 Å². The standard InChI is InChI=1S/C23H20N2O2/c1-14(2)20-13-22(26)25-21-12-18(9-10-19(20)21)24-23(27)17-8-7-15-5-3-4-6-16(15)11-17/h3-14H,1-2H3,(H,24,27)(H,25,26). The van der Waals surface area contributed by atoms with E-state index in [1.54, 1.807) is 6.07 Å². The van der Waals surface area contributed by atoms with E-state index in [-0.39, 0.29) is 17.4 Å². The number of anilines is 1. The van der Waals surface area contributed by atoms with E-state index in [0.29, 0.717) is 11.3 Å². The predicted octanol–water partition coefficient (Wildman–Crippen LogP) is 5.06. The van der Waals surface area contributed by atoms with Gasteiger partial charge in [-0.2, -0.15) is 0 Å². The van der Waals surface area contributed by atoms with Gasteiger partial charge in [-0.3, -0.25) is 9.59 Å². The maximum Gasteiger partial charge on any atom is 0.255 e. The smallest absolute Gasteiger partial charge is 0.255 e. The number of aromatic nitrogens is 1. The van der Waals surface area contributed by atoms with Crippen LogP contribution in [0, 0.1) is 0 Å². The highest BCUT2D eigenvalue weighted by molar-refractivity contribution is 6.07. The molecule has 1 amide bonds. The number of rotatable bonds is 3. The van der Waals surface area contributed by atoms with Crippen molar-refractivity contribution in [2.75, 3.05) is 5.32 Å². The van der Waals surface area contributed by atoms with Crippen molar-refractivity contribution in [1.82, 2.24) is 4.98 Å². The van der Waals surface area contributed by atoms with Crippen LogP contribution in [0.25, 0.3) is 21.7 Å². The molecule has 134 valence electrons. The first-order valence-corrected chi connectivity index (χ1v) is 8.98. The van der Waals surface area contributed by atoms with E-state index in [2.05, 4.69) is 24.1 Å². The topological polar surface area (TPSA) is 62.0 Å². The SMILES string of the molecule is CC(C)c1cc(=O)[nH]c2cc(NC(=O)c3ccc4ccccc4c3)ccc12. The Labute approximate surface area is 156 Å². The van der Waals surface area contributed by atoms with Gasteiger partial charge in [0.1, 0.15) is 0 Å². The first-order valence-electron chi connectivity index (χ1n) is 8.98. The highest BCUT2D eigenvalue weighted by atomic mass is 16.1. The zero-order valence-electron chi connectivity index (χ0n) is 15.2. The third kappa shape index (κ3) is 3.34. The van der Waals surface area contributed by atoms with Gasteiger partial charge in [0.25, 0.3) is 5.91 Å². The van der Waals surface area contributed by atoms with Crippen molar-refractivity contribution in [2.45, 2.75) is 19.8 Å². The number of benzene rings is 3. The molecule has 27 heavy (non-hydrogen) atoms. The van der Waals surface area contributed by atoms with Gasteiger partial charge in [-0.05, 0) is 46.5 Å². The summed E-state index contributed by atoms with van der Waals surface area (Å²) in [6.45, 7) is 4.12. The Kier molecular flexibility index (Phi) is 4.24. The van der Waals surface area contributed by atoms with Crippen molar-refractivity contribution in [2.24, 2.45) is 0 Å². The van der Waals surface area contributed by atoms with Gasteiger partial charge in [0, 0.05) is 22.7 Å². The molecular weight excluding hydrogens is 336 g/mol. The van der Waals surface area contributed by atoms with Gasteiger partial charge in [-0.15, -0.1) is 0 Å².